The first-order valence-corrected chi connectivity index (χ1v) is 6.79. The lowest BCUT2D eigenvalue weighted by atomic mass is 10.2. The van der Waals surface area contributed by atoms with Crippen LogP contribution in [0.25, 0.3) is 5.57 Å². The van der Waals surface area contributed by atoms with Gasteiger partial charge in [-0.1, -0.05) is 36.4 Å². The minimum Gasteiger partial charge on any atom is -0.419 e. The number of ether oxygens (including phenoxy) is 1. The molecule has 0 spiro atoms. The monoisotopic (exact) mass is 307 g/mol. The Kier molecular flexibility index (Phi) is 7.30. The van der Waals surface area contributed by atoms with Crippen LogP contribution in [0.15, 0.2) is 34.3 Å². The summed E-state index contributed by atoms with van der Waals surface area (Å²) in [6.07, 6.45) is 6.29. The van der Waals surface area contributed by atoms with Gasteiger partial charge < -0.3 is 14.5 Å². The van der Waals surface area contributed by atoms with E-state index in [1.54, 1.807) is 20.1 Å². The Morgan fingerprint density at radius 1 is 1.57 bits per heavy atom. The Hall–Kier alpha value is -2.03. The van der Waals surface area contributed by atoms with Crippen LogP contribution in [-0.2, 0) is 4.74 Å². The number of methoxy groups -OCH3 is 1. The zero-order valence-electron chi connectivity index (χ0n) is 12.1. The highest BCUT2D eigenvalue weighted by Crippen LogP contribution is 2.26. The maximum Gasteiger partial charge on any atom is 0.232 e. The lowest BCUT2D eigenvalue weighted by Gasteiger charge is -1.99. The molecule has 0 bridgehead atoms. The van der Waals surface area contributed by atoms with Gasteiger partial charge in [0.05, 0.1) is 5.57 Å². The Morgan fingerprint density at radius 3 is 2.90 bits per heavy atom. The number of nitrogens with one attached hydrogen (secondary N) is 1. The number of rotatable bonds is 8. The van der Waals surface area contributed by atoms with Crippen molar-refractivity contribution >= 4 is 23.1 Å². The highest BCUT2D eigenvalue weighted by Gasteiger charge is 2.15. The van der Waals surface area contributed by atoms with Crippen molar-refractivity contribution in [3.05, 3.63) is 41.4 Å². The fourth-order valence-corrected chi connectivity index (χ4v) is 1.70. The van der Waals surface area contributed by atoms with Crippen LogP contribution in [-0.4, -0.2) is 25.2 Å². The molecule has 0 aliphatic carbocycles. The highest BCUT2D eigenvalue weighted by molar-refractivity contribution is 6.32. The van der Waals surface area contributed by atoms with Gasteiger partial charge in [0, 0.05) is 25.3 Å². The number of hydrogen-bond acceptors (Lipinski definition) is 5. The van der Waals surface area contributed by atoms with Crippen LogP contribution in [0.1, 0.15) is 24.9 Å². The molecular weight excluding hydrogens is 290 g/mol. The van der Waals surface area contributed by atoms with Gasteiger partial charge in [0.15, 0.2) is 0 Å². The standard InChI is InChI=1S/C15H18ClN3O2/c1-4-12(11(2)16)14-19-13(10-17)15(21-14)18-8-6-5-7-9-20-3/h4-6,18H,1,7-9H2,2-3H3/b6-5+,12-11-. The van der Waals surface area contributed by atoms with Crippen LogP contribution < -0.4 is 5.32 Å². The van der Waals surface area contributed by atoms with Crippen molar-refractivity contribution in [2.45, 2.75) is 13.3 Å². The van der Waals surface area contributed by atoms with E-state index in [2.05, 4.69) is 16.9 Å². The molecule has 1 aromatic heterocycles. The number of halogens is 1. The van der Waals surface area contributed by atoms with E-state index >= 15 is 0 Å². The predicted octanol–water partition coefficient (Wildman–Crippen LogP) is 3.71. The number of nitrogens with zero attached hydrogens (tertiary/aromatic N) is 2. The average Bonchev–Trinajstić information content (AvgIpc) is 2.86. The fourth-order valence-electron chi connectivity index (χ4n) is 1.54. The van der Waals surface area contributed by atoms with Crippen LogP contribution in [0, 0.1) is 11.3 Å². The first-order chi connectivity index (χ1) is 10.1. The van der Waals surface area contributed by atoms with Crippen LogP contribution in [0.4, 0.5) is 5.88 Å². The van der Waals surface area contributed by atoms with Crippen LogP contribution in [0.5, 0.6) is 0 Å². The van der Waals surface area contributed by atoms with Crippen LogP contribution >= 0.6 is 11.6 Å². The molecule has 0 aromatic carbocycles. The number of aromatic nitrogens is 1. The second kappa shape index (κ2) is 9.01. The van der Waals surface area contributed by atoms with Gasteiger partial charge in [-0.25, -0.2) is 0 Å². The van der Waals surface area contributed by atoms with Gasteiger partial charge in [-0.15, -0.1) is 0 Å². The third-order valence-corrected chi connectivity index (χ3v) is 2.78. The molecule has 0 atom stereocenters. The number of nitriles is 1. The lowest BCUT2D eigenvalue weighted by molar-refractivity contribution is 0.204. The second-order valence-electron chi connectivity index (χ2n) is 4.09. The van der Waals surface area contributed by atoms with Crippen LogP contribution in [0.3, 0.4) is 0 Å². The normalized spacial score (nSPS) is 12.1. The summed E-state index contributed by atoms with van der Waals surface area (Å²) in [5.74, 6) is 0.598. The van der Waals surface area contributed by atoms with E-state index in [1.165, 1.54) is 0 Å². The fraction of sp³-hybridized carbons (Fsp3) is 0.333. The first-order valence-electron chi connectivity index (χ1n) is 6.42. The topological polar surface area (TPSA) is 71.1 Å². The van der Waals surface area contributed by atoms with Gasteiger partial charge in [-0.3, -0.25) is 0 Å². The predicted molar refractivity (Wildman–Crippen MR) is 84.0 cm³/mol. The molecule has 0 aliphatic rings. The van der Waals surface area contributed by atoms with Crippen molar-refractivity contribution in [3.8, 4) is 6.07 Å². The summed E-state index contributed by atoms with van der Waals surface area (Å²) in [7, 11) is 1.66. The molecule has 5 nitrogen and oxygen atoms in total. The van der Waals surface area contributed by atoms with Crippen molar-refractivity contribution in [2.24, 2.45) is 0 Å². The molecule has 0 radical (unpaired) electrons. The van der Waals surface area contributed by atoms with Gasteiger partial charge >= 0.3 is 0 Å². The first kappa shape index (κ1) is 17.0. The largest absolute Gasteiger partial charge is 0.419 e. The van der Waals surface area contributed by atoms with Gasteiger partial charge in [-0.05, 0) is 13.3 Å². The van der Waals surface area contributed by atoms with Crippen LogP contribution in [0.2, 0.25) is 0 Å². The van der Waals surface area contributed by atoms with Crippen molar-refractivity contribution in [1.29, 1.82) is 5.26 Å². The van der Waals surface area contributed by atoms with Gasteiger partial charge in [-0.2, -0.15) is 10.2 Å². The summed E-state index contributed by atoms with van der Waals surface area (Å²) in [5, 5.41) is 12.6. The summed E-state index contributed by atoms with van der Waals surface area (Å²) in [4.78, 5) is 4.10. The Labute approximate surface area is 129 Å². The highest BCUT2D eigenvalue weighted by atomic mass is 35.5. The molecule has 0 amide bonds. The number of oxazole rings is 1. The van der Waals surface area contributed by atoms with E-state index in [1.807, 2.05) is 18.2 Å². The van der Waals surface area contributed by atoms with Crippen molar-refractivity contribution in [2.75, 3.05) is 25.6 Å². The number of anilines is 1. The molecule has 1 aromatic rings. The molecule has 0 saturated carbocycles. The molecular formula is C15H18ClN3O2. The van der Waals surface area contributed by atoms with Gasteiger partial charge in [0.25, 0.3) is 0 Å². The van der Waals surface area contributed by atoms with E-state index in [0.717, 1.165) is 6.42 Å². The van der Waals surface area contributed by atoms with Gasteiger partial charge in [0.2, 0.25) is 17.5 Å². The van der Waals surface area contributed by atoms with Crippen molar-refractivity contribution in [3.63, 3.8) is 0 Å². The third kappa shape index (κ3) is 5.10. The second-order valence-corrected chi connectivity index (χ2v) is 4.66. The zero-order valence-corrected chi connectivity index (χ0v) is 12.9. The summed E-state index contributed by atoms with van der Waals surface area (Å²) in [5.41, 5.74) is 0.754. The molecule has 0 aliphatic heterocycles. The summed E-state index contributed by atoms with van der Waals surface area (Å²) in [6, 6.07) is 1.98. The molecule has 21 heavy (non-hydrogen) atoms. The zero-order chi connectivity index (χ0) is 15.7. The average molecular weight is 308 g/mol. The van der Waals surface area contributed by atoms with E-state index in [-0.39, 0.29) is 11.6 Å². The van der Waals surface area contributed by atoms with Crippen molar-refractivity contribution in [1.82, 2.24) is 4.98 Å². The van der Waals surface area contributed by atoms with E-state index in [9.17, 15) is 0 Å². The number of allylic oxidation sites excluding steroid dienone is 3. The van der Waals surface area contributed by atoms with E-state index in [0.29, 0.717) is 29.6 Å². The molecule has 1 N–H and O–H groups in total. The van der Waals surface area contributed by atoms with E-state index < -0.39 is 0 Å². The minimum atomic E-state index is 0.188. The molecule has 0 fully saturated rings. The smallest absolute Gasteiger partial charge is 0.232 e. The summed E-state index contributed by atoms with van der Waals surface area (Å²) < 4.78 is 10.5. The summed E-state index contributed by atoms with van der Waals surface area (Å²) >= 11 is 5.94. The maximum absolute atomic E-state index is 9.08. The molecule has 1 rings (SSSR count). The maximum atomic E-state index is 9.08. The van der Waals surface area contributed by atoms with Crippen molar-refractivity contribution < 1.29 is 9.15 Å². The third-order valence-electron chi connectivity index (χ3n) is 2.57. The Bertz CT molecular complexity index is 578. The molecule has 0 unspecified atom stereocenters. The molecule has 6 heteroatoms. The number of hydrogen-bond donors (Lipinski definition) is 1. The molecule has 0 saturated heterocycles. The van der Waals surface area contributed by atoms with Gasteiger partial charge in [0.1, 0.15) is 6.07 Å². The molecule has 1 heterocycles. The van der Waals surface area contributed by atoms with E-state index in [4.69, 9.17) is 26.0 Å². The molecule has 112 valence electrons. The minimum absolute atomic E-state index is 0.188. The SMILES string of the molecule is C=C/C(=C(\C)Cl)c1nc(C#N)c(NC/C=C/CCOC)o1. The Morgan fingerprint density at radius 2 is 2.33 bits per heavy atom. The lowest BCUT2D eigenvalue weighted by Crippen LogP contribution is -1.98. The summed E-state index contributed by atoms with van der Waals surface area (Å²) in [6.45, 7) is 6.57. The Balaban J connectivity index is 2.78. The quantitative estimate of drug-likeness (QED) is 0.450.